The largest absolute Gasteiger partial charge is 0.471 e. The van der Waals surface area contributed by atoms with Gasteiger partial charge in [-0.25, -0.2) is 0 Å². The average molecular weight is 345 g/mol. The number of carbonyl (C=O) groups is 1. The second kappa shape index (κ2) is 5.62. The number of anilines is 1. The number of carbonyl (C=O) groups excluding carboxylic acids is 1. The summed E-state index contributed by atoms with van der Waals surface area (Å²) >= 11 is 3.27. The van der Waals surface area contributed by atoms with Crippen LogP contribution in [0.5, 0.6) is 0 Å². The second-order valence-corrected chi connectivity index (χ2v) is 4.80. The zero-order chi connectivity index (χ0) is 14.8. The zero-order valence-electron chi connectivity index (χ0n) is 9.91. The van der Waals surface area contributed by atoms with Crippen LogP contribution < -0.4 is 5.32 Å². The van der Waals surface area contributed by atoms with Crippen LogP contribution >= 0.6 is 15.9 Å². The summed E-state index contributed by atoms with van der Waals surface area (Å²) in [5.41, 5.74) is 1.15. The fourth-order valence-corrected chi connectivity index (χ4v) is 1.83. The van der Waals surface area contributed by atoms with Gasteiger partial charge in [-0.15, -0.1) is 0 Å². The monoisotopic (exact) mass is 344 g/mol. The van der Waals surface area contributed by atoms with E-state index in [-0.39, 0.29) is 5.69 Å². The van der Waals surface area contributed by atoms with E-state index in [1.165, 1.54) is 18.5 Å². The summed E-state index contributed by atoms with van der Waals surface area (Å²) in [6.07, 6.45) is -2.31. The Balaban J connectivity index is 2.36. The van der Waals surface area contributed by atoms with Gasteiger partial charge in [-0.2, -0.15) is 13.2 Å². The zero-order valence-corrected chi connectivity index (χ0v) is 11.5. The lowest BCUT2D eigenvalue weighted by Gasteiger charge is -2.12. The standard InChI is InChI=1S/C13H8BrF3N2O/c14-9-3-1-8(2-4-9)10-5-6-18-7-11(10)19-12(20)13(15,16)17/h1-7H,(H,19,20). The summed E-state index contributed by atoms with van der Waals surface area (Å²) in [5.74, 6) is -2.02. The van der Waals surface area contributed by atoms with Crippen molar-refractivity contribution in [2.45, 2.75) is 6.18 Å². The maximum atomic E-state index is 12.3. The Morgan fingerprint density at radius 2 is 1.80 bits per heavy atom. The van der Waals surface area contributed by atoms with Crippen LogP contribution in [0.15, 0.2) is 47.2 Å². The van der Waals surface area contributed by atoms with Crippen molar-refractivity contribution in [3.63, 3.8) is 0 Å². The number of rotatable bonds is 2. The summed E-state index contributed by atoms with van der Waals surface area (Å²) < 4.78 is 37.7. The summed E-state index contributed by atoms with van der Waals surface area (Å²) in [4.78, 5) is 14.7. The van der Waals surface area contributed by atoms with Crippen LogP contribution in [0.25, 0.3) is 11.1 Å². The third kappa shape index (κ3) is 3.36. The van der Waals surface area contributed by atoms with Crippen molar-refractivity contribution in [2.75, 3.05) is 5.32 Å². The highest BCUT2D eigenvalue weighted by Gasteiger charge is 2.39. The highest BCUT2D eigenvalue weighted by Crippen LogP contribution is 2.29. The van der Waals surface area contributed by atoms with Crippen LogP contribution in [-0.2, 0) is 4.79 Å². The van der Waals surface area contributed by atoms with Gasteiger partial charge in [0, 0.05) is 16.2 Å². The minimum atomic E-state index is -4.94. The number of benzene rings is 1. The molecule has 0 saturated heterocycles. The molecule has 0 fully saturated rings. The van der Waals surface area contributed by atoms with E-state index < -0.39 is 12.1 Å². The minimum absolute atomic E-state index is 0.0112. The number of nitrogens with one attached hydrogen (secondary N) is 1. The lowest BCUT2D eigenvalue weighted by atomic mass is 10.1. The molecule has 1 heterocycles. The Morgan fingerprint density at radius 1 is 1.15 bits per heavy atom. The van der Waals surface area contributed by atoms with E-state index in [0.29, 0.717) is 11.1 Å². The third-order valence-corrected chi connectivity index (χ3v) is 3.01. The Kier molecular flexibility index (Phi) is 4.08. The SMILES string of the molecule is O=C(Nc1cnccc1-c1ccc(Br)cc1)C(F)(F)F. The number of hydrogen-bond acceptors (Lipinski definition) is 2. The van der Waals surface area contributed by atoms with Crippen molar-refractivity contribution in [2.24, 2.45) is 0 Å². The number of amides is 1. The molecule has 0 radical (unpaired) electrons. The maximum absolute atomic E-state index is 12.3. The van der Waals surface area contributed by atoms with Gasteiger partial charge >= 0.3 is 12.1 Å². The predicted molar refractivity (Wildman–Crippen MR) is 72.1 cm³/mol. The first-order valence-electron chi connectivity index (χ1n) is 5.46. The molecule has 1 aromatic carbocycles. The molecule has 0 aliphatic rings. The Morgan fingerprint density at radius 3 is 2.40 bits per heavy atom. The topological polar surface area (TPSA) is 42.0 Å². The van der Waals surface area contributed by atoms with Gasteiger partial charge in [0.05, 0.1) is 11.9 Å². The molecular formula is C13H8BrF3N2O. The van der Waals surface area contributed by atoms with Crippen molar-refractivity contribution < 1.29 is 18.0 Å². The fourth-order valence-electron chi connectivity index (χ4n) is 1.57. The smallest absolute Gasteiger partial charge is 0.316 e. The van der Waals surface area contributed by atoms with E-state index in [1.807, 2.05) is 5.32 Å². The van der Waals surface area contributed by atoms with E-state index in [2.05, 4.69) is 20.9 Å². The molecule has 0 unspecified atom stereocenters. The minimum Gasteiger partial charge on any atom is -0.316 e. The molecule has 104 valence electrons. The van der Waals surface area contributed by atoms with Gasteiger partial charge in [0.1, 0.15) is 0 Å². The van der Waals surface area contributed by atoms with Crippen LogP contribution in [0.4, 0.5) is 18.9 Å². The molecule has 0 bridgehead atoms. The molecule has 0 atom stereocenters. The van der Waals surface area contributed by atoms with Gasteiger partial charge in [0.2, 0.25) is 0 Å². The first-order chi connectivity index (χ1) is 9.38. The highest BCUT2D eigenvalue weighted by molar-refractivity contribution is 9.10. The quantitative estimate of drug-likeness (QED) is 0.894. The third-order valence-electron chi connectivity index (χ3n) is 2.48. The normalized spacial score (nSPS) is 11.2. The van der Waals surface area contributed by atoms with Gasteiger partial charge in [-0.1, -0.05) is 28.1 Å². The van der Waals surface area contributed by atoms with Crippen molar-refractivity contribution >= 4 is 27.5 Å². The highest BCUT2D eigenvalue weighted by atomic mass is 79.9. The first kappa shape index (κ1) is 14.5. The Bertz CT molecular complexity index is 626. The predicted octanol–water partition coefficient (Wildman–Crippen LogP) is 4.01. The van der Waals surface area contributed by atoms with Gasteiger partial charge in [0.25, 0.3) is 0 Å². The van der Waals surface area contributed by atoms with E-state index >= 15 is 0 Å². The fraction of sp³-hybridized carbons (Fsp3) is 0.0769. The molecule has 7 heteroatoms. The number of nitrogens with zero attached hydrogens (tertiary/aromatic N) is 1. The summed E-state index contributed by atoms with van der Waals surface area (Å²) in [7, 11) is 0. The molecule has 20 heavy (non-hydrogen) atoms. The van der Waals surface area contributed by atoms with Crippen molar-refractivity contribution in [1.29, 1.82) is 0 Å². The average Bonchev–Trinajstić information content (AvgIpc) is 2.39. The van der Waals surface area contributed by atoms with Gasteiger partial charge < -0.3 is 5.32 Å². The van der Waals surface area contributed by atoms with E-state index in [9.17, 15) is 18.0 Å². The van der Waals surface area contributed by atoms with Crippen LogP contribution in [0.3, 0.4) is 0 Å². The lowest BCUT2D eigenvalue weighted by molar-refractivity contribution is -0.167. The van der Waals surface area contributed by atoms with Crippen LogP contribution in [0.1, 0.15) is 0 Å². The molecule has 1 amide bonds. The van der Waals surface area contributed by atoms with Gasteiger partial charge in [0.15, 0.2) is 0 Å². The Hall–Kier alpha value is -1.89. The van der Waals surface area contributed by atoms with Gasteiger partial charge in [-0.05, 0) is 23.8 Å². The van der Waals surface area contributed by atoms with E-state index in [0.717, 1.165) is 4.47 Å². The molecule has 2 rings (SSSR count). The number of hydrogen-bond donors (Lipinski definition) is 1. The second-order valence-electron chi connectivity index (χ2n) is 3.88. The molecule has 0 saturated carbocycles. The molecule has 3 nitrogen and oxygen atoms in total. The van der Waals surface area contributed by atoms with Crippen molar-refractivity contribution in [3.8, 4) is 11.1 Å². The molecule has 1 aromatic heterocycles. The number of halogens is 4. The molecule has 1 N–H and O–H groups in total. The van der Waals surface area contributed by atoms with Gasteiger partial charge in [-0.3, -0.25) is 9.78 Å². The van der Waals surface area contributed by atoms with Crippen LogP contribution in [0, 0.1) is 0 Å². The number of pyridine rings is 1. The summed E-state index contributed by atoms with van der Waals surface area (Å²) in [5, 5.41) is 1.83. The summed E-state index contributed by atoms with van der Waals surface area (Å²) in [6, 6.07) is 8.50. The number of alkyl halides is 3. The lowest BCUT2D eigenvalue weighted by Crippen LogP contribution is -2.30. The van der Waals surface area contributed by atoms with Crippen LogP contribution in [-0.4, -0.2) is 17.1 Å². The molecule has 0 aliphatic heterocycles. The molecule has 0 aliphatic carbocycles. The van der Waals surface area contributed by atoms with E-state index in [4.69, 9.17) is 0 Å². The van der Waals surface area contributed by atoms with E-state index in [1.54, 1.807) is 24.3 Å². The van der Waals surface area contributed by atoms with Crippen molar-refractivity contribution in [3.05, 3.63) is 47.2 Å². The number of aromatic nitrogens is 1. The molecular weight excluding hydrogens is 337 g/mol. The van der Waals surface area contributed by atoms with Crippen molar-refractivity contribution in [1.82, 2.24) is 4.98 Å². The first-order valence-corrected chi connectivity index (χ1v) is 6.25. The molecule has 2 aromatic rings. The maximum Gasteiger partial charge on any atom is 0.471 e. The summed E-state index contributed by atoms with van der Waals surface area (Å²) in [6.45, 7) is 0. The Labute approximate surface area is 121 Å². The molecule has 0 spiro atoms. The van der Waals surface area contributed by atoms with Crippen LogP contribution in [0.2, 0.25) is 0 Å².